The molecular weight excluding hydrogens is 298 g/mol. The van der Waals surface area contributed by atoms with Gasteiger partial charge in [-0.25, -0.2) is 0 Å². The molecule has 0 saturated heterocycles. The number of pyridine rings is 1. The predicted molar refractivity (Wildman–Crippen MR) is 84.7 cm³/mol. The molecule has 122 valence electrons. The molecule has 0 aliphatic carbocycles. The van der Waals surface area contributed by atoms with Gasteiger partial charge < -0.3 is 19.5 Å². The maximum Gasteiger partial charge on any atom is 0.306 e. The van der Waals surface area contributed by atoms with Crippen molar-refractivity contribution >= 4 is 5.97 Å². The summed E-state index contributed by atoms with van der Waals surface area (Å²) in [4.78, 5) is 24.3. The molecule has 1 aromatic carbocycles. The molecule has 2 aromatic rings. The van der Waals surface area contributed by atoms with E-state index in [4.69, 9.17) is 4.74 Å². The summed E-state index contributed by atoms with van der Waals surface area (Å²) in [5, 5.41) is 19.7. The number of aromatic nitrogens is 1. The number of aryl methyl sites for hydroxylation is 1. The topological polar surface area (TPSA) is 88.8 Å². The van der Waals surface area contributed by atoms with Crippen molar-refractivity contribution in [3.05, 3.63) is 57.5 Å². The predicted octanol–water partition coefficient (Wildman–Crippen LogP) is 1.80. The minimum atomic E-state index is -0.664. The molecular formula is C17H19NO5. The molecule has 1 atom stereocenters. The van der Waals surface area contributed by atoms with Crippen molar-refractivity contribution in [1.82, 2.24) is 4.57 Å². The SMILES string of the molecule is COC(=O)CC(c1ccc(O)cc1)c1c(O)cc(C)n(C)c1=O. The van der Waals surface area contributed by atoms with Gasteiger partial charge in [0.1, 0.15) is 11.5 Å². The first-order valence-corrected chi connectivity index (χ1v) is 7.10. The van der Waals surface area contributed by atoms with E-state index in [0.29, 0.717) is 11.3 Å². The Labute approximate surface area is 133 Å². The Bertz CT molecular complexity index is 777. The first kappa shape index (κ1) is 16.6. The van der Waals surface area contributed by atoms with Crippen LogP contribution >= 0.6 is 0 Å². The highest BCUT2D eigenvalue weighted by atomic mass is 16.5. The Morgan fingerprint density at radius 3 is 2.43 bits per heavy atom. The van der Waals surface area contributed by atoms with E-state index in [9.17, 15) is 19.8 Å². The van der Waals surface area contributed by atoms with Crippen molar-refractivity contribution in [2.24, 2.45) is 7.05 Å². The van der Waals surface area contributed by atoms with Crippen molar-refractivity contribution in [3.63, 3.8) is 0 Å². The van der Waals surface area contributed by atoms with Crippen molar-refractivity contribution < 1.29 is 19.7 Å². The average Bonchev–Trinajstić information content (AvgIpc) is 2.52. The molecule has 23 heavy (non-hydrogen) atoms. The average molecular weight is 317 g/mol. The van der Waals surface area contributed by atoms with Gasteiger partial charge in [0.15, 0.2) is 0 Å². The number of hydrogen-bond acceptors (Lipinski definition) is 5. The van der Waals surface area contributed by atoms with Crippen LogP contribution < -0.4 is 5.56 Å². The smallest absolute Gasteiger partial charge is 0.306 e. The van der Waals surface area contributed by atoms with Crippen molar-refractivity contribution in [3.8, 4) is 11.5 Å². The molecule has 0 radical (unpaired) electrons. The van der Waals surface area contributed by atoms with E-state index in [1.165, 1.54) is 29.9 Å². The van der Waals surface area contributed by atoms with Crippen molar-refractivity contribution in [1.29, 1.82) is 0 Å². The number of rotatable bonds is 4. The number of benzene rings is 1. The zero-order valence-corrected chi connectivity index (χ0v) is 13.2. The van der Waals surface area contributed by atoms with Crippen LogP contribution in [0.1, 0.15) is 29.2 Å². The molecule has 1 heterocycles. The van der Waals surface area contributed by atoms with Gasteiger partial charge in [0.05, 0.1) is 19.1 Å². The fourth-order valence-electron chi connectivity index (χ4n) is 2.49. The van der Waals surface area contributed by atoms with Crippen molar-refractivity contribution in [2.75, 3.05) is 7.11 Å². The van der Waals surface area contributed by atoms with E-state index in [1.807, 2.05) is 0 Å². The van der Waals surface area contributed by atoms with Crippen LogP contribution in [-0.2, 0) is 16.6 Å². The summed E-state index contributed by atoms with van der Waals surface area (Å²) in [7, 11) is 2.87. The van der Waals surface area contributed by atoms with Crippen LogP contribution in [0.3, 0.4) is 0 Å². The number of methoxy groups -OCH3 is 1. The van der Waals surface area contributed by atoms with E-state index in [2.05, 4.69) is 0 Å². The lowest BCUT2D eigenvalue weighted by molar-refractivity contribution is -0.140. The molecule has 6 nitrogen and oxygen atoms in total. The minimum absolute atomic E-state index is 0.0756. The number of carbonyl (C=O) groups is 1. The maximum absolute atomic E-state index is 12.6. The number of carbonyl (C=O) groups excluding carboxylic acids is 1. The van der Waals surface area contributed by atoms with Gasteiger partial charge in [0.2, 0.25) is 0 Å². The van der Waals surface area contributed by atoms with Crippen molar-refractivity contribution in [2.45, 2.75) is 19.3 Å². The number of esters is 1. The summed E-state index contributed by atoms with van der Waals surface area (Å²) in [5.41, 5.74) is 1.00. The number of nitrogens with zero attached hydrogens (tertiary/aromatic N) is 1. The number of hydrogen-bond donors (Lipinski definition) is 2. The molecule has 0 fully saturated rings. The molecule has 0 amide bonds. The van der Waals surface area contributed by atoms with Gasteiger partial charge in [-0.3, -0.25) is 9.59 Å². The third-order valence-corrected chi connectivity index (χ3v) is 3.93. The molecule has 0 spiro atoms. The van der Waals surface area contributed by atoms with Crippen LogP contribution in [0.5, 0.6) is 11.5 Å². The second kappa shape index (κ2) is 6.56. The maximum atomic E-state index is 12.6. The van der Waals surface area contributed by atoms with Crippen LogP contribution in [0.15, 0.2) is 35.1 Å². The molecule has 0 aliphatic rings. The second-order valence-corrected chi connectivity index (χ2v) is 5.37. The van der Waals surface area contributed by atoms with E-state index in [-0.39, 0.29) is 29.0 Å². The second-order valence-electron chi connectivity index (χ2n) is 5.37. The largest absolute Gasteiger partial charge is 0.508 e. The highest BCUT2D eigenvalue weighted by molar-refractivity contribution is 5.71. The fourth-order valence-corrected chi connectivity index (χ4v) is 2.49. The molecule has 6 heteroatoms. The number of aromatic hydroxyl groups is 2. The lowest BCUT2D eigenvalue weighted by Gasteiger charge is -2.19. The summed E-state index contributed by atoms with van der Waals surface area (Å²) in [6.45, 7) is 1.71. The van der Waals surface area contributed by atoms with Gasteiger partial charge in [0, 0.05) is 18.7 Å². The van der Waals surface area contributed by atoms with E-state index < -0.39 is 11.9 Å². The Morgan fingerprint density at radius 1 is 1.26 bits per heavy atom. The normalized spacial score (nSPS) is 12.0. The highest BCUT2D eigenvalue weighted by Crippen LogP contribution is 2.32. The Balaban J connectivity index is 2.63. The van der Waals surface area contributed by atoms with Crippen LogP contribution in [0, 0.1) is 6.92 Å². The summed E-state index contributed by atoms with van der Waals surface area (Å²) < 4.78 is 6.12. The fraction of sp³-hybridized carbons (Fsp3) is 0.294. The molecule has 1 unspecified atom stereocenters. The van der Waals surface area contributed by atoms with Gasteiger partial charge >= 0.3 is 5.97 Å². The third kappa shape index (κ3) is 3.36. The van der Waals surface area contributed by atoms with E-state index >= 15 is 0 Å². The third-order valence-electron chi connectivity index (χ3n) is 3.93. The van der Waals surface area contributed by atoms with Crippen LogP contribution in [-0.4, -0.2) is 27.9 Å². The van der Waals surface area contributed by atoms with Gasteiger partial charge in [-0.05, 0) is 30.7 Å². The van der Waals surface area contributed by atoms with E-state index in [0.717, 1.165) is 0 Å². The van der Waals surface area contributed by atoms with Gasteiger partial charge in [-0.1, -0.05) is 12.1 Å². The first-order chi connectivity index (χ1) is 10.8. The molecule has 0 bridgehead atoms. The zero-order valence-electron chi connectivity index (χ0n) is 13.2. The van der Waals surface area contributed by atoms with Crippen LogP contribution in [0.25, 0.3) is 0 Å². The first-order valence-electron chi connectivity index (χ1n) is 7.10. The molecule has 2 rings (SSSR count). The van der Waals surface area contributed by atoms with Gasteiger partial charge in [-0.2, -0.15) is 0 Å². The van der Waals surface area contributed by atoms with Crippen LogP contribution in [0.2, 0.25) is 0 Å². The van der Waals surface area contributed by atoms with E-state index in [1.54, 1.807) is 26.1 Å². The lowest BCUT2D eigenvalue weighted by atomic mass is 9.88. The van der Waals surface area contributed by atoms with Gasteiger partial charge in [0.25, 0.3) is 5.56 Å². The number of phenolic OH excluding ortho intramolecular Hbond substituents is 1. The van der Waals surface area contributed by atoms with Crippen LogP contribution in [0.4, 0.5) is 0 Å². The molecule has 0 aliphatic heterocycles. The molecule has 0 saturated carbocycles. The monoisotopic (exact) mass is 317 g/mol. The summed E-state index contributed by atoms with van der Waals surface area (Å²) in [6, 6.07) is 7.65. The Hall–Kier alpha value is -2.76. The minimum Gasteiger partial charge on any atom is -0.508 e. The highest BCUT2D eigenvalue weighted by Gasteiger charge is 2.25. The Kier molecular flexibility index (Phi) is 4.74. The number of ether oxygens (including phenoxy) is 1. The standard InChI is InChI=1S/C17H19NO5/c1-10-8-14(20)16(17(22)18(10)2)13(9-15(21)23-3)11-4-6-12(19)7-5-11/h4-8,13,19-20H,9H2,1-3H3. The Morgan fingerprint density at radius 2 is 1.87 bits per heavy atom. The summed E-state index contributed by atoms with van der Waals surface area (Å²) in [5.74, 6) is -1.24. The molecule has 1 aromatic heterocycles. The summed E-state index contributed by atoms with van der Waals surface area (Å²) >= 11 is 0. The lowest BCUT2D eigenvalue weighted by Crippen LogP contribution is -2.26. The number of phenols is 1. The quantitative estimate of drug-likeness (QED) is 0.839. The zero-order chi connectivity index (χ0) is 17.1. The summed E-state index contributed by atoms with van der Waals surface area (Å²) in [6.07, 6.45) is -0.0901. The molecule has 2 N–H and O–H groups in total. The van der Waals surface area contributed by atoms with Gasteiger partial charge in [-0.15, -0.1) is 0 Å².